The van der Waals surface area contributed by atoms with Gasteiger partial charge in [0.05, 0.1) is 25.7 Å². The summed E-state index contributed by atoms with van der Waals surface area (Å²) < 4.78 is 5.67. The number of fused-ring (bicyclic) bond motifs is 1. The standard InChI is InChI=1S/C21H26N2O2/c24-21(14-18-8-5-7-17-6-1-2-9-20(17)18)23-12-13-25-16-19(23)15-22-10-3-4-11-22/h1-2,5-9,19H,3-4,10-16H2. The minimum absolute atomic E-state index is 0.189. The molecule has 0 saturated carbocycles. The number of carbonyl (C=O) groups excluding carboxylic acids is 1. The van der Waals surface area contributed by atoms with E-state index in [4.69, 9.17) is 4.74 Å². The highest BCUT2D eigenvalue weighted by molar-refractivity contribution is 5.90. The van der Waals surface area contributed by atoms with Gasteiger partial charge in [0.1, 0.15) is 0 Å². The molecule has 2 aromatic carbocycles. The first kappa shape index (κ1) is 16.6. The van der Waals surface area contributed by atoms with Crippen molar-refractivity contribution in [3.8, 4) is 0 Å². The number of nitrogens with zero attached hydrogens (tertiary/aromatic N) is 2. The van der Waals surface area contributed by atoms with E-state index >= 15 is 0 Å². The topological polar surface area (TPSA) is 32.8 Å². The number of rotatable bonds is 4. The summed E-state index contributed by atoms with van der Waals surface area (Å²) in [4.78, 5) is 17.6. The first-order valence-electron chi connectivity index (χ1n) is 9.37. The van der Waals surface area contributed by atoms with E-state index in [0.717, 1.165) is 25.2 Å². The Balaban J connectivity index is 1.49. The summed E-state index contributed by atoms with van der Waals surface area (Å²) >= 11 is 0. The van der Waals surface area contributed by atoms with E-state index in [-0.39, 0.29) is 11.9 Å². The Hall–Kier alpha value is -1.91. The second-order valence-electron chi connectivity index (χ2n) is 7.14. The van der Waals surface area contributed by atoms with Crippen LogP contribution in [0.4, 0.5) is 0 Å². The van der Waals surface area contributed by atoms with Crippen molar-refractivity contribution in [3.63, 3.8) is 0 Å². The van der Waals surface area contributed by atoms with E-state index in [9.17, 15) is 4.79 Å². The first-order valence-corrected chi connectivity index (χ1v) is 9.37. The summed E-state index contributed by atoms with van der Waals surface area (Å²) in [7, 11) is 0. The molecule has 2 heterocycles. The Kier molecular flexibility index (Phi) is 4.99. The van der Waals surface area contributed by atoms with Crippen molar-refractivity contribution in [3.05, 3.63) is 48.0 Å². The molecular weight excluding hydrogens is 312 g/mol. The van der Waals surface area contributed by atoms with Gasteiger partial charge in [0, 0.05) is 13.1 Å². The second-order valence-corrected chi connectivity index (χ2v) is 7.14. The van der Waals surface area contributed by atoms with E-state index in [1.807, 2.05) is 18.2 Å². The van der Waals surface area contributed by atoms with Crippen molar-refractivity contribution in [2.75, 3.05) is 39.4 Å². The molecule has 132 valence electrons. The van der Waals surface area contributed by atoms with Crippen LogP contribution in [0.25, 0.3) is 10.8 Å². The maximum atomic E-state index is 13.0. The summed E-state index contributed by atoms with van der Waals surface area (Å²) in [6.07, 6.45) is 3.02. The molecule has 1 unspecified atom stereocenters. The quantitative estimate of drug-likeness (QED) is 0.859. The van der Waals surface area contributed by atoms with Crippen LogP contribution >= 0.6 is 0 Å². The maximum absolute atomic E-state index is 13.0. The molecule has 1 atom stereocenters. The number of hydrogen-bond donors (Lipinski definition) is 0. The number of hydrogen-bond acceptors (Lipinski definition) is 3. The van der Waals surface area contributed by atoms with Crippen LogP contribution in [0.2, 0.25) is 0 Å². The third-order valence-electron chi connectivity index (χ3n) is 5.44. The average molecular weight is 338 g/mol. The number of ether oxygens (including phenoxy) is 1. The summed E-state index contributed by atoms with van der Waals surface area (Å²) in [6.45, 7) is 5.28. The van der Waals surface area contributed by atoms with Crippen molar-refractivity contribution in [1.82, 2.24) is 9.80 Å². The molecule has 0 spiro atoms. The second kappa shape index (κ2) is 7.54. The fraction of sp³-hybridized carbons (Fsp3) is 0.476. The van der Waals surface area contributed by atoms with Gasteiger partial charge in [0.25, 0.3) is 0 Å². The van der Waals surface area contributed by atoms with Crippen molar-refractivity contribution in [2.45, 2.75) is 25.3 Å². The molecule has 2 aliphatic rings. The zero-order valence-corrected chi connectivity index (χ0v) is 14.7. The SMILES string of the molecule is O=C(Cc1cccc2ccccc12)N1CCOCC1CN1CCCC1. The number of morpholine rings is 1. The molecular formula is C21H26N2O2. The van der Waals surface area contributed by atoms with E-state index in [2.05, 4.69) is 34.1 Å². The van der Waals surface area contributed by atoms with Crippen molar-refractivity contribution < 1.29 is 9.53 Å². The number of likely N-dealkylation sites (tertiary alicyclic amines) is 1. The largest absolute Gasteiger partial charge is 0.377 e. The van der Waals surface area contributed by atoms with Gasteiger partial charge >= 0.3 is 0 Å². The third-order valence-corrected chi connectivity index (χ3v) is 5.44. The van der Waals surface area contributed by atoms with Gasteiger partial charge in [-0.1, -0.05) is 42.5 Å². The fourth-order valence-corrected chi connectivity index (χ4v) is 4.11. The summed E-state index contributed by atoms with van der Waals surface area (Å²) in [5.74, 6) is 0.226. The van der Waals surface area contributed by atoms with Crippen LogP contribution < -0.4 is 0 Å². The lowest BCUT2D eigenvalue weighted by atomic mass is 10.0. The van der Waals surface area contributed by atoms with Crippen LogP contribution in [0.1, 0.15) is 18.4 Å². The minimum atomic E-state index is 0.189. The predicted molar refractivity (Wildman–Crippen MR) is 99.6 cm³/mol. The molecule has 0 radical (unpaired) electrons. The Bertz CT molecular complexity index is 734. The summed E-state index contributed by atoms with van der Waals surface area (Å²) in [6, 6.07) is 14.7. The number of amides is 1. The molecule has 2 aliphatic heterocycles. The maximum Gasteiger partial charge on any atom is 0.227 e. The van der Waals surface area contributed by atoms with E-state index in [0.29, 0.717) is 26.2 Å². The van der Waals surface area contributed by atoms with Crippen LogP contribution in [-0.2, 0) is 16.0 Å². The third kappa shape index (κ3) is 3.70. The van der Waals surface area contributed by atoms with E-state index < -0.39 is 0 Å². The number of benzene rings is 2. The van der Waals surface area contributed by atoms with Gasteiger partial charge in [-0.05, 0) is 42.3 Å². The van der Waals surface area contributed by atoms with Crippen molar-refractivity contribution in [1.29, 1.82) is 0 Å². The molecule has 25 heavy (non-hydrogen) atoms. The van der Waals surface area contributed by atoms with Crippen LogP contribution in [0, 0.1) is 0 Å². The molecule has 0 aromatic heterocycles. The summed E-state index contributed by atoms with van der Waals surface area (Å²) in [5, 5.41) is 2.38. The Morgan fingerprint density at radius 3 is 2.72 bits per heavy atom. The first-order chi connectivity index (χ1) is 12.3. The van der Waals surface area contributed by atoms with Crippen molar-refractivity contribution >= 4 is 16.7 Å². The molecule has 2 fully saturated rings. The molecule has 2 aromatic rings. The fourth-order valence-electron chi connectivity index (χ4n) is 4.11. The highest BCUT2D eigenvalue weighted by Gasteiger charge is 2.29. The molecule has 4 heteroatoms. The van der Waals surface area contributed by atoms with Gasteiger partial charge < -0.3 is 14.5 Å². The summed E-state index contributed by atoms with van der Waals surface area (Å²) in [5.41, 5.74) is 1.12. The molecule has 4 rings (SSSR count). The van der Waals surface area contributed by atoms with E-state index in [1.165, 1.54) is 23.6 Å². The highest BCUT2D eigenvalue weighted by Crippen LogP contribution is 2.21. The van der Waals surface area contributed by atoms with Gasteiger partial charge in [-0.3, -0.25) is 4.79 Å². The van der Waals surface area contributed by atoms with Crippen LogP contribution in [0.3, 0.4) is 0 Å². The van der Waals surface area contributed by atoms with Gasteiger partial charge in [-0.15, -0.1) is 0 Å². The normalized spacial score (nSPS) is 21.8. The molecule has 4 nitrogen and oxygen atoms in total. The Morgan fingerprint density at radius 2 is 1.84 bits per heavy atom. The molecule has 1 amide bonds. The van der Waals surface area contributed by atoms with Crippen molar-refractivity contribution in [2.24, 2.45) is 0 Å². The molecule has 0 bridgehead atoms. The minimum Gasteiger partial charge on any atom is -0.377 e. The van der Waals surface area contributed by atoms with Gasteiger partial charge in [-0.25, -0.2) is 0 Å². The van der Waals surface area contributed by atoms with Gasteiger partial charge in [0.2, 0.25) is 5.91 Å². The highest BCUT2D eigenvalue weighted by atomic mass is 16.5. The van der Waals surface area contributed by atoms with Gasteiger partial charge in [-0.2, -0.15) is 0 Å². The Labute approximate surface area is 149 Å². The zero-order chi connectivity index (χ0) is 17.1. The van der Waals surface area contributed by atoms with Crippen LogP contribution in [0.15, 0.2) is 42.5 Å². The lowest BCUT2D eigenvalue weighted by Crippen LogP contribution is -2.53. The predicted octanol–water partition coefficient (Wildman–Crippen LogP) is 2.71. The number of carbonyl (C=O) groups is 1. The lowest BCUT2D eigenvalue weighted by molar-refractivity contribution is -0.139. The lowest BCUT2D eigenvalue weighted by Gasteiger charge is -2.37. The van der Waals surface area contributed by atoms with Crippen LogP contribution in [0.5, 0.6) is 0 Å². The Morgan fingerprint density at radius 1 is 1.04 bits per heavy atom. The van der Waals surface area contributed by atoms with E-state index in [1.54, 1.807) is 0 Å². The zero-order valence-electron chi connectivity index (χ0n) is 14.7. The average Bonchev–Trinajstić information content (AvgIpc) is 3.15. The van der Waals surface area contributed by atoms with Gasteiger partial charge in [0.15, 0.2) is 0 Å². The van der Waals surface area contributed by atoms with Crippen LogP contribution in [-0.4, -0.2) is 61.1 Å². The monoisotopic (exact) mass is 338 g/mol. The molecule has 2 saturated heterocycles. The molecule has 0 aliphatic carbocycles. The molecule has 0 N–H and O–H groups in total. The smallest absolute Gasteiger partial charge is 0.227 e.